The molecule has 2 aromatic heterocycles. The van der Waals surface area contributed by atoms with E-state index in [2.05, 4.69) is 5.32 Å². The summed E-state index contributed by atoms with van der Waals surface area (Å²) in [4.78, 5) is 27.9. The molecule has 3 N–H and O–H groups in total. The maximum atomic E-state index is 13.0. The summed E-state index contributed by atoms with van der Waals surface area (Å²) in [6, 6.07) is 6.31. The Hall–Kier alpha value is -2.66. The quantitative estimate of drug-likeness (QED) is 0.539. The normalized spacial score (nSPS) is 22.8. The highest BCUT2D eigenvalue weighted by molar-refractivity contribution is 5.92. The maximum Gasteiger partial charge on any atom is 0.430 e. The maximum absolute atomic E-state index is 13.0. The van der Waals surface area contributed by atoms with Gasteiger partial charge in [0.15, 0.2) is 0 Å². The number of hydrogen-bond acceptors (Lipinski definition) is 5. The molecule has 11 heteroatoms. The lowest BCUT2D eigenvalue weighted by atomic mass is 10.1. The van der Waals surface area contributed by atoms with E-state index in [0.717, 1.165) is 37.3 Å². The van der Waals surface area contributed by atoms with Crippen LogP contribution in [0.15, 0.2) is 24.4 Å². The summed E-state index contributed by atoms with van der Waals surface area (Å²) in [5, 5.41) is 21.9. The predicted molar refractivity (Wildman–Crippen MR) is 108 cm³/mol. The van der Waals surface area contributed by atoms with Crippen molar-refractivity contribution in [3.05, 3.63) is 35.9 Å². The fourth-order valence-electron chi connectivity index (χ4n) is 4.44. The third-order valence-electron chi connectivity index (χ3n) is 6.39. The van der Waals surface area contributed by atoms with Crippen LogP contribution in [0.2, 0.25) is 0 Å². The number of carboxylic acid groups (broad SMARTS) is 1. The number of pyridine rings is 1. The number of hydrogen-bond donors (Lipinski definition) is 3. The molecule has 2 unspecified atom stereocenters. The molecule has 2 saturated carbocycles. The molecule has 0 aromatic carbocycles. The van der Waals surface area contributed by atoms with Crippen molar-refractivity contribution in [2.75, 3.05) is 13.1 Å². The van der Waals surface area contributed by atoms with Gasteiger partial charge in [0.05, 0.1) is 12.1 Å². The molecule has 3 fully saturated rings. The Labute approximate surface area is 188 Å². The number of rotatable bonds is 6. The van der Waals surface area contributed by atoms with Crippen LogP contribution < -0.4 is 15.3 Å². The Balaban J connectivity index is 0.000000325. The third kappa shape index (κ3) is 5.83. The molecular formula is C22H27F3N4O4. The van der Waals surface area contributed by atoms with Gasteiger partial charge in [0.25, 0.3) is 5.91 Å². The summed E-state index contributed by atoms with van der Waals surface area (Å²) in [6.07, 6.45) is 2.35. The molecule has 1 aliphatic heterocycles. The zero-order chi connectivity index (χ0) is 23.8. The summed E-state index contributed by atoms with van der Waals surface area (Å²) in [5.74, 6) is -1.20. The second kappa shape index (κ2) is 9.30. The van der Waals surface area contributed by atoms with E-state index in [4.69, 9.17) is 14.9 Å². The molecule has 0 bridgehead atoms. The number of likely N-dealkylation sites (tertiary alicyclic amines) is 1. The van der Waals surface area contributed by atoms with Crippen molar-refractivity contribution >= 4 is 17.4 Å². The van der Waals surface area contributed by atoms with E-state index in [0.29, 0.717) is 23.7 Å². The number of aliphatic hydroxyl groups is 1. The van der Waals surface area contributed by atoms with Gasteiger partial charge in [0.1, 0.15) is 30.9 Å². The van der Waals surface area contributed by atoms with E-state index in [9.17, 15) is 23.1 Å². The molecule has 180 valence electrons. The van der Waals surface area contributed by atoms with Crippen molar-refractivity contribution in [1.82, 2.24) is 14.7 Å². The van der Waals surface area contributed by atoms with Crippen molar-refractivity contribution < 1.29 is 37.9 Å². The van der Waals surface area contributed by atoms with Crippen LogP contribution in [0.25, 0.3) is 5.52 Å². The lowest BCUT2D eigenvalue weighted by molar-refractivity contribution is -0.902. The lowest BCUT2D eigenvalue weighted by Crippen LogP contribution is -3.09. The van der Waals surface area contributed by atoms with Crippen molar-refractivity contribution in [2.24, 2.45) is 11.8 Å². The van der Waals surface area contributed by atoms with Crippen LogP contribution in [0.1, 0.15) is 48.4 Å². The summed E-state index contributed by atoms with van der Waals surface area (Å²) in [5.41, 5.74) is 1.95. The molecule has 1 amide bonds. The molecule has 2 aliphatic carbocycles. The van der Waals surface area contributed by atoms with Crippen LogP contribution in [0.5, 0.6) is 0 Å². The van der Waals surface area contributed by atoms with Gasteiger partial charge in [-0.05, 0) is 49.7 Å². The number of fused-ring (bicyclic) bond motifs is 1. The molecule has 8 nitrogen and oxygen atoms in total. The largest absolute Gasteiger partial charge is 0.542 e. The second-order valence-electron chi connectivity index (χ2n) is 9.12. The van der Waals surface area contributed by atoms with Gasteiger partial charge in [0.2, 0.25) is 5.82 Å². The highest BCUT2D eigenvalue weighted by Crippen LogP contribution is 2.44. The van der Waals surface area contributed by atoms with E-state index in [1.165, 1.54) is 30.6 Å². The van der Waals surface area contributed by atoms with Crippen molar-refractivity contribution in [2.45, 2.75) is 57.0 Å². The second-order valence-corrected chi connectivity index (χ2v) is 9.12. The molecule has 1 saturated heterocycles. The number of aromatic nitrogens is 2. The van der Waals surface area contributed by atoms with Gasteiger partial charge in [0, 0.05) is 18.7 Å². The van der Waals surface area contributed by atoms with E-state index < -0.39 is 12.1 Å². The van der Waals surface area contributed by atoms with E-state index >= 15 is 0 Å². The SMILES string of the molecule is O=C(NC(C1CC1)C1CC1)c1nc(C[NH+]2CCC(O)C2)c2ccccn12.O=C([O-])C(F)(F)F. The van der Waals surface area contributed by atoms with Crippen LogP contribution in [0, 0.1) is 11.8 Å². The number of aliphatic hydroxyl groups excluding tert-OH is 1. The number of quaternary nitrogens is 1. The first kappa shape index (κ1) is 23.5. The van der Waals surface area contributed by atoms with Crippen LogP contribution in [-0.4, -0.2) is 57.8 Å². The average molecular weight is 468 g/mol. The van der Waals surface area contributed by atoms with E-state index in [1.807, 2.05) is 28.8 Å². The van der Waals surface area contributed by atoms with Gasteiger partial charge in [-0.1, -0.05) is 6.07 Å². The number of imidazole rings is 1. The Kier molecular flexibility index (Phi) is 6.62. The Morgan fingerprint density at radius 3 is 2.36 bits per heavy atom. The number of carboxylic acids is 1. The first-order valence-corrected chi connectivity index (χ1v) is 11.2. The minimum absolute atomic E-state index is 0.0438. The number of nitrogens with zero attached hydrogens (tertiary/aromatic N) is 2. The average Bonchev–Trinajstić information content (AvgIpc) is 3.69. The number of nitrogens with one attached hydrogen (secondary N) is 2. The van der Waals surface area contributed by atoms with Crippen molar-refractivity contribution in [3.8, 4) is 0 Å². The zero-order valence-corrected chi connectivity index (χ0v) is 18.0. The van der Waals surface area contributed by atoms with Gasteiger partial charge in [-0.3, -0.25) is 9.20 Å². The highest BCUT2D eigenvalue weighted by atomic mass is 19.4. The Morgan fingerprint density at radius 2 is 1.85 bits per heavy atom. The molecule has 2 atom stereocenters. The van der Waals surface area contributed by atoms with Crippen LogP contribution in [0.4, 0.5) is 13.2 Å². The zero-order valence-electron chi connectivity index (χ0n) is 18.0. The molecule has 0 radical (unpaired) electrons. The topological polar surface area (TPSA) is 111 Å². The Bertz CT molecular complexity index is 1000. The lowest BCUT2D eigenvalue weighted by Gasteiger charge is -2.17. The van der Waals surface area contributed by atoms with Crippen LogP contribution >= 0.6 is 0 Å². The number of carbonyl (C=O) groups is 2. The first-order chi connectivity index (χ1) is 15.6. The van der Waals surface area contributed by atoms with Crippen LogP contribution in [0.3, 0.4) is 0 Å². The number of aliphatic carboxylic acids is 1. The molecule has 3 aliphatic rings. The van der Waals surface area contributed by atoms with Gasteiger partial charge >= 0.3 is 6.18 Å². The third-order valence-corrected chi connectivity index (χ3v) is 6.39. The van der Waals surface area contributed by atoms with Gasteiger partial charge < -0.3 is 25.2 Å². The van der Waals surface area contributed by atoms with Crippen LogP contribution in [-0.2, 0) is 11.3 Å². The summed E-state index contributed by atoms with van der Waals surface area (Å²) >= 11 is 0. The number of halogens is 3. The standard InChI is InChI=1S/C20H26N4O2.C2HF3O2/c25-15-8-10-23(11-15)12-16-17-3-1-2-9-24(17)19(21-16)20(26)22-18(13-4-5-13)14-6-7-14;3-2(4,5)1(6)7/h1-3,9,13-15,18,25H,4-8,10-12H2,(H,22,26);(H,6,7). The molecule has 2 aromatic rings. The number of carbonyl (C=O) groups excluding carboxylic acids is 2. The smallest absolute Gasteiger partial charge is 0.430 e. The monoisotopic (exact) mass is 468 g/mol. The summed E-state index contributed by atoms with van der Waals surface area (Å²) in [6.45, 7) is 2.48. The fourth-order valence-corrected chi connectivity index (χ4v) is 4.44. The van der Waals surface area contributed by atoms with Crippen molar-refractivity contribution in [3.63, 3.8) is 0 Å². The van der Waals surface area contributed by atoms with E-state index in [-0.39, 0.29) is 12.0 Å². The minimum atomic E-state index is -5.19. The van der Waals surface area contributed by atoms with Gasteiger partial charge in [-0.2, -0.15) is 13.2 Å². The van der Waals surface area contributed by atoms with Gasteiger partial charge in [-0.25, -0.2) is 4.98 Å². The summed E-state index contributed by atoms with van der Waals surface area (Å²) < 4.78 is 33.5. The fraction of sp³-hybridized carbons (Fsp3) is 0.591. The van der Waals surface area contributed by atoms with Crippen molar-refractivity contribution in [1.29, 1.82) is 0 Å². The summed E-state index contributed by atoms with van der Waals surface area (Å²) in [7, 11) is 0. The number of alkyl halides is 3. The molecule has 3 heterocycles. The molecule has 5 rings (SSSR count). The van der Waals surface area contributed by atoms with Gasteiger partial charge in [-0.15, -0.1) is 0 Å². The highest BCUT2D eigenvalue weighted by Gasteiger charge is 2.42. The molecule has 33 heavy (non-hydrogen) atoms. The molecule has 0 spiro atoms. The predicted octanol–water partition coefficient (Wildman–Crippen LogP) is -0.299. The molecular weight excluding hydrogens is 441 g/mol. The Morgan fingerprint density at radius 1 is 1.21 bits per heavy atom. The number of amides is 1. The first-order valence-electron chi connectivity index (χ1n) is 11.2. The minimum Gasteiger partial charge on any atom is -0.542 e. The van der Waals surface area contributed by atoms with E-state index in [1.54, 1.807) is 0 Å².